The van der Waals surface area contributed by atoms with Gasteiger partial charge in [0.25, 0.3) is 11.1 Å². The molecule has 1 N–H and O–H groups in total. The van der Waals surface area contributed by atoms with E-state index in [-0.39, 0.29) is 30.1 Å². The molecule has 0 atom stereocenters. The van der Waals surface area contributed by atoms with Crippen molar-refractivity contribution < 1.29 is 33.4 Å². The van der Waals surface area contributed by atoms with Gasteiger partial charge < -0.3 is 19.0 Å². The summed E-state index contributed by atoms with van der Waals surface area (Å²) in [7, 11) is 1.48. The van der Waals surface area contributed by atoms with Crippen molar-refractivity contribution in [2.75, 3.05) is 7.11 Å². The van der Waals surface area contributed by atoms with Crippen LogP contribution in [0.5, 0.6) is 11.5 Å². The second-order valence-corrected chi connectivity index (χ2v) is 9.07. The van der Waals surface area contributed by atoms with Gasteiger partial charge in [0.1, 0.15) is 12.4 Å². The molecular weight excluding hydrogens is 526 g/mol. The van der Waals surface area contributed by atoms with Crippen molar-refractivity contribution >= 4 is 50.9 Å². The molecule has 0 radical (unpaired) electrons. The highest BCUT2D eigenvalue weighted by Crippen LogP contribution is 2.35. The van der Waals surface area contributed by atoms with Gasteiger partial charge in [0.2, 0.25) is 5.76 Å². The average molecular weight is 544 g/mol. The summed E-state index contributed by atoms with van der Waals surface area (Å²) in [6.45, 7) is 0.208. The highest BCUT2D eigenvalue weighted by Gasteiger charge is 2.35. The molecule has 0 unspecified atom stereocenters. The fourth-order valence-electron chi connectivity index (χ4n) is 3.17. The number of methoxy groups -OCH3 is 1. The summed E-state index contributed by atoms with van der Waals surface area (Å²) >= 11 is 4.25. The van der Waals surface area contributed by atoms with E-state index < -0.39 is 5.97 Å². The molecule has 1 fully saturated rings. The SMILES string of the molecule is COc1cc(/C=C2\SC(=O)N(Cc3ccc(Br)cc3)C2=O)ccc1OCc1ccc(C(=O)O)o1. The van der Waals surface area contributed by atoms with Gasteiger partial charge in [-0.05, 0) is 65.4 Å². The molecule has 1 aliphatic rings. The third-order valence-electron chi connectivity index (χ3n) is 4.86. The summed E-state index contributed by atoms with van der Waals surface area (Å²) in [6.07, 6.45) is 1.63. The van der Waals surface area contributed by atoms with Crippen LogP contribution in [-0.4, -0.2) is 34.2 Å². The highest BCUT2D eigenvalue weighted by atomic mass is 79.9. The van der Waals surface area contributed by atoms with Gasteiger partial charge in [-0.15, -0.1) is 0 Å². The van der Waals surface area contributed by atoms with E-state index in [0.29, 0.717) is 27.7 Å². The van der Waals surface area contributed by atoms with Crippen LogP contribution in [0.3, 0.4) is 0 Å². The molecule has 1 aliphatic heterocycles. The second kappa shape index (κ2) is 10.2. The Kier molecular flexibility index (Phi) is 7.09. The summed E-state index contributed by atoms with van der Waals surface area (Å²) in [4.78, 5) is 37.7. The van der Waals surface area contributed by atoms with Gasteiger partial charge >= 0.3 is 5.97 Å². The maximum absolute atomic E-state index is 12.8. The fourth-order valence-corrected chi connectivity index (χ4v) is 4.28. The molecule has 0 spiro atoms. The number of halogens is 1. The van der Waals surface area contributed by atoms with Gasteiger partial charge in [0.05, 0.1) is 18.6 Å². The van der Waals surface area contributed by atoms with E-state index in [2.05, 4.69) is 15.9 Å². The lowest BCUT2D eigenvalue weighted by Gasteiger charge is -2.12. The molecule has 1 aromatic heterocycles. The standard InChI is InChI=1S/C24H18BrNO7S/c1-31-20-10-15(4-8-18(20)32-13-17-7-9-19(33-17)23(28)29)11-21-22(27)26(24(30)34-21)12-14-2-5-16(25)6-3-14/h2-11H,12-13H2,1H3,(H,28,29)/b21-11-. The highest BCUT2D eigenvalue weighted by molar-refractivity contribution is 9.10. The lowest BCUT2D eigenvalue weighted by Crippen LogP contribution is -2.27. The summed E-state index contributed by atoms with van der Waals surface area (Å²) in [5.41, 5.74) is 1.51. The smallest absolute Gasteiger partial charge is 0.371 e. The van der Waals surface area contributed by atoms with E-state index in [1.54, 1.807) is 24.3 Å². The Bertz CT molecular complexity index is 1280. The molecule has 3 aromatic rings. The minimum absolute atomic E-state index is 0.0118. The molecule has 8 nitrogen and oxygen atoms in total. The maximum atomic E-state index is 12.8. The Morgan fingerprint density at radius 2 is 1.88 bits per heavy atom. The van der Waals surface area contributed by atoms with Gasteiger partial charge in [-0.1, -0.05) is 34.1 Å². The number of nitrogens with zero attached hydrogens (tertiary/aromatic N) is 1. The topological polar surface area (TPSA) is 106 Å². The number of carbonyl (C=O) groups excluding carboxylic acids is 2. The van der Waals surface area contributed by atoms with Gasteiger partial charge in [-0.3, -0.25) is 14.5 Å². The number of aromatic carboxylic acids is 1. The molecule has 4 rings (SSSR count). The zero-order valence-corrected chi connectivity index (χ0v) is 20.2. The number of rotatable bonds is 8. The quantitative estimate of drug-likeness (QED) is 0.368. The number of hydrogen-bond acceptors (Lipinski definition) is 7. The summed E-state index contributed by atoms with van der Waals surface area (Å²) < 4.78 is 17.2. The first-order valence-corrected chi connectivity index (χ1v) is 11.6. The van der Waals surface area contributed by atoms with Crippen molar-refractivity contribution in [2.24, 2.45) is 0 Å². The number of benzene rings is 2. The Labute approximate surface area is 207 Å². The normalized spacial score (nSPS) is 14.6. The van der Waals surface area contributed by atoms with Crippen LogP contribution in [0.1, 0.15) is 27.4 Å². The number of carboxylic acids is 1. The van der Waals surface area contributed by atoms with Gasteiger partial charge in [0, 0.05) is 4.47 Å². The number of carbonyl (C=O) groups is 3. The van der Waals surface area contributed by atoms with Crippen LogP contribution in [0.2, 0.25) is 0 Å². The third-order valence-corrected chi connectivity index (χ3v) is 6.29. The molecular formula is C24H18BrNO7S. The van der Waals surface area contributed by atoms with Gasteiger partial charge in [0.15, 0.2) is 11.5 Å². The summed E-state index contributed by atoms with van der Waals surface area (Å²) in [6, 6.07) is 15.4. The first-order valence-electron chi connectivity index (χ1n) is 9.96. The summed E-state index contributed by atoms with van der Waals surface area (Å²) in [5.74, 6) is -0.513. The molecule has 10 heteroatoms. The van der Waals surface area contributed by atoms with Crippen LogP contribution in [-0.2, 0) is 17.9 Å². The molecule has 0 aliphatic carbocycles. The minimum Gasteiger partial charge on any atom is -0.493 e. The maximum Gasteiger partial charge on any atom is 0.371 e. The van der Waals surface area contributed by atoms with Crippen LogP contribution in [0.25, 0.3) is 6.08 Å². The lowest BCUT2D eigenvalue weighted by molar-refractivity contribution is -0.123. The van der Waals surface area contributed by atoms with Crippen molar-refractivity contribution in [2.45, 2.75) is 13.2 Å². The number of carboxylic acid groups (broad SMARTS) is 1. The molecule has 174 valence electrons. The minimum atomic E-state index is -1.16. The Morgan fingerprint density at radius 1 is 1.12 bits per heavy atom. The molecule has 2 aromatic carbocycles. The predicted molar refractivity (Wildman–Crippen MR) is 129 cm³/mol. The van der Waals surface area contributed by atoms with E-state index in [0.717, 1.165) is 21.8 Å². The molecule has 1 saturated heterocycles. The first kappa shape index (κ1) is 23.7. The number of imide groups is 1. The zero-order valence-electron chi connectivity index (χ0n) is 17.8. The average Bonchev–Trinajstić information content (AvgIpc) is 3.40. The second-order valence-electron chi connectivity index (χ2n) is 7.16. The Morgan fingerprint density at radius 3 is 2.56 bits per heavy atom. The van der Waals surface area contributed by atoms with Crippen LogP contribution in [0.15, 0.2) is 68.4 Å². The van der Waals surface area contributed by atoms with Crippen molar-refractivity contribution in [3.63, 3.8) is 0 Å². The van der Waals surface area contributed by atoms with E-state index in [4.69, 9.17) is 19.0 Å². The van der Waals surface area contributed by atoms with Crippen molar-refractivity contribution in [1.29, 1.82) is 0 Å². The van der Waals surface area contributed by atoms with Crippen molar-refractivity contribution in [3.05, 3.63) is 86.6 Å². The Balaban J connectivity index is 1.46. The van der Waals surface area contributed by atoms with E-state index >= 15 is 0 Å². The number of thioether (sulfide) groups is 1. The van der Waals surface area contributed by atoms with Crippen LogP contribution >= 0.6 is 27.7 Å². The largest absolute Gasteiger partial charge is 0.493 e. The number of hydrogen-bond donors (Lipinski definition) is 1. The van der Waals surface area contributed by atoms with Crippen molar-refractivity contribution in [3.8, 4) is 11.5 Å². The number of amides is 2. The summed E-state index contributed by atoms with van der Waals surface area (Å²) in [5, 5.41) is 8.61. The van der Waals surface area contributed by atoms with Crippen LogP contribution < -0.4 is 9.47 Å². The number of furan rings is 1. The number of ether oxygens (including phenoxy) is 2. The van der Waals surface area contributed by atoms with E-state index in [1.807, 2.05) is 24.3 Å². The van der Waals surface area contributed by atoms with Gasteiger partial charge in [-0.2, -0.15) is 0 Å². The molecule has 34 heavy (non-hydrogen) atoms. The molecule has 0 saturated carbocycles. The van der Waals surface area contributed by atoms with Crippen LogP contribution in [0.4, 0.5) is 4.79 Å². The monoisotopic (exact) mass is 543 g/mol. The van der Waals surface area contributed by atoms with E-state index in [1.165, 1.54) is 24.1 Å². The van der Waals surface area contributed by atoms with Crippen molar-refractivity contribution in [1.82, 2.24) is 4.90 Å². The van der Waals surface area contributed by atoms with Crippen LogP contribution in [0, 0.1) is 0 Å². The Hall–Kier alpha value is -3.50. The first-order chi connectivity index (χ1) is 16.3. The van der Waals surface area contributed by atoms with E-state index in [9.17, 15) is 14.4 Å². The predicted octanol–water partition coefficient (Wildman–Crippen LogP) is 5.56. The molecule has 0 bridgehead atoms. The zero-order chi connectivity index (χ0) is 24.2. The molecule has 2 heterocycles. The van der Waals surface area contributed by atoms with Gasteiger partial charge in [-0.25, -0.2) is 4.79 Å². The fraction of sp³-hybridized carbons (Fsp3) is 0.125. The third kappa shape index (κ3) is 5.35. The molecule has 2 amide bonds. The lowest BCUT2D eigenvalue weighted by atomic mass is 10.1.